The van der Waals surface area contributed by atoms with Crippen molar-refractivity contribution in [2.24, 2.45) is 5.73 Å². The molecule has 3 amide bonds. The molecule has 0 spiro atoms. The van der Waals surface area contributed by atoms with Crippen molar-refractivity contribution in [2.75, 3.05) is 6.54 Å². The molecule has 1 unspecified atom stereocenters. The summed E-state index contributed by atoms with van der Waals surface area (Å²) in [4.78, 5) is 38.0. The molecule has 0 bridgehead atoms. The summed E-state index contributed by atoms with van der Waals surface area (Å²) in [5.41, 5.74) is 6.17. The van der Waals surface area contributed by atoms with Crippen LogP contribution < -0.4 is 11.1 Å². The molecule has 2 saturated heterocycles. The van der Waals surface area contributed by atoms with E-state index < -0.39 is 17.5 Å². The lowest BCUT2D eigenvalue weighted by Gasteiger charge is -2.31. The van der Waals surface area contributed by atoms with E-state index in [2.05, 4.69) is 35.6 Å². The number of amides is 3. The fourth-order valence-electron chi connectivity index (χ4n) is 4.77. The van der Waals surface area contributed by atoms with Crippen molar-refractivity contribution < 1.29 is 14.4 Å². The van der Waals surface area contributed by atoms with Gasteiger partial charge in [0.2, 0.25) is 17.7 Å². The Morgan fingerprint density at radius 1 is 1.17 bits per heavy atom. The summed E-state index contributed by atoms with van der Waals surface area (Å²) in [6.45, 7) is 0.580. The van der Waals surface area contributed by atoms with E-state index in [1.807, 2.05) is 12.1 Å². The van der Waals surface area contributed by atoms with Crippen LogP contribution in [0.3, 0.4) is 0 Å². The van der Waals surface area contributed by atoms with Crippen molar-refractivity contribution >= 4 is 28.5 Å². The first-order valence-electron chi connectivity index (χ1n) is 10.3. The van der Waals surface area contributed by atoms with Crippen molar-refractivity contribution in [1.82, 2.24) is 10.2 Å². The van der Waals surface area contributed by atoms with Crippen LogP contribution in [0, 0.1) is 0 Å². The standard InChI is InChI=1S/C23H27N3O3/c24-22(29)19-6-3-13-26(19)21(28)10-12-23(11-9-20(27)25-23)15-16-7-8-17-4-1-2-5-18(17)14-16/h1-2,4-5,7-8,14,19H,3,6,9-13,15H2,(H2,24,29)(H,25,27)/t19-,23?/m0/s1. The molecule has 2 aliphatic rings. The lowest BCUT2D eigenvalue weighted by Crippen LogP contribution is -2.47. The van der Waals surface area contributed by atoms with Crippen molar-refractivity contribution in [3.05, 3.63) is 48.0 Å². The predicted octanol–water partition coefficient (Wildman–Crippen LogP) is 2.29. The summed E-state index contributed by atoms with van der Waals surface area (Å²) in [5.74, 6) is -0.448. The average molecular weight is 393 g/mol. The molecule has 0 aromatic heterocycles. The van der Waals surface area contributed by atoms with Crippen LogP contribution in [-0.4, -0.2) is 40.7 Å². The van der Waals surface area contributed by atoms with Gasteiger partial charge < -0.3 is 16.0 Å². The Kier molecular flexibility index (Phi) is 5.26. The van der Waals surface area contributed by atoms with Crippen LogP contribution in [0.25, 0.3) is 10.8 Å². The summed E-state index contributed by atoms with van der Waals surface area (Å²) < 4.78 is 0. The van der Waals surface area contributed by atoms with Gasteiger partial charge in [-0.1, -0.05) is 42.5 Å². The average Bonchev–Trinajstić information content (AvgIpc) is 3.34. The maximum absolute atomic E-state index is 12.8. The third-order valence-electron chi connectivity index (χ3n) is 6.31. The topological polar surface area (TPSA) is 92.5 Å². The van der Waals surface area contributed by atoms with Gasteiger partial charge in [0.05, 0.1) is 0 Å². The molecule has 2 heterocycles. The van der Waals surface area contributed by atoms with E-state index in [0.717, 1.165) is 12.0 Å². The van der Waals surface area contributed by atoms with Gasteiger partial charge in [-0.3, -0.25) is 14.4 Å². The number of rotatable bonds is 6. The fraction of sp³-hybridized carbons (Fsp3) is 0.435. The molecule has 152 valence electrons. The quantitative estimate of drug-likeness (QED) is 0.789. The van der Waals surface area contributed by atoms with Crippen LogP contribution in [0.2, 0.25) is 0 Å². The zero-order valence-electron chi connectivity index (χ0n) is 16.5. The van der Waals surface area contributed by atoms with Gasteiger partial charge in [0.15, 0.2) is 0 Å². The number of primary amides is 1. The number of nitrogens with two attached hydrogens (primary N) is 1. The number of hydrogen-bond acceptors (Lipinski definition) is 3. The van der Waals surface area contributed by atoms with Crippen molar-refractivity contribution in [3.63, 3.8) is 0 Å². The van der Waals surface area contributed by atoms with Gasteiger partial charge in [-0.2, -0.15) is 0 Å². The number of carbonyl (C=O) groups is 3. The Morgan fingerprint density at radius 2 is 1.97 bits per heavy atom. The van der Waals surface area contributed by atoms with Gasteiger partial charge in [-0.15, -0.1) is 0 Å². The molecule has 2 aliphatic heterocycles. The largest absolute Gasteiger partial charge is 0.368 e. The monoisotopic (exact) mass is 393 g/mol. The van der Waals surface area contributed by atoms with E-state index in [0.29, 0.717) is 45.1 Å². The van der Waals surface area contributed by atoms with Gasteiger partial charge in [-0.05, 0) is 48.4 Å². The van der Waals surface area contributed by atoms with Gasteiger partial charge in [-0.25, -0.2) is 0 Å². The molecule has 3 N–H and O–H groups in total. The lowest BCUT2D eigenvalue weighted by molar-refractivity contribution is -0.137. The Morgan fingerprint density at radius 3 is 2.69 bits per heavy atom. The van der Waals surface area contributed by atoms with Crippen LogP contribution in [0.1, 0.15) is 44.1 Å². The number of benzene rings is 2. The maximum atomic E-state index is 12.8. The number of likely N-dealkylation sites (tertiary alicyclic amines) is 1. The van der Waals surface area contributed by atoms with Crippen LogP contribution in [0.15, 0.2) is 42.5 Å². The van der Waals surface area contributed by atoms with Gasteiger partial charge >= 0.3 is 0 Å². The highest BCUT2D eigenvalue weighted by atomic mass is 16.2. The van der Waals surface area contributed by atoms with Crippen LogP contribution in [-0.2, 0) is 20.8 Å². The molecular weight excluding hydrogens is 366 g/mol. The summed E-state index contributed by atoms with van der Waals surface area (Å²) in [6.07, 6.45) is 4.19. The van der Waals surface area contributed by atoms with E-state index >= 15 is 0 Å². The smallest absolute Gasteiger partial charge is 0.240 e. The zero-order chi connectivity index (χ0) is 20.4. The molecule has 2 fully saturated rings. The molecule has 6 nitrogen and oxygen atoms in total. The van der Waals surface area contributed by atoms with Gasteiger partial charge in [0, 0.05) is 24.9 Å². The van der Waals surface area contributed by atoms with Crippen LogP contribution in [0.5, 0.6) is 0 Å². The lowest BCUT2D eigenvalue weighted by atomic mass is 9.84. The first kappa shape index (κ1) is 19.4. The van der Waals surface area contributed by atoms with Crippen molar-refractivity contribution in [2.45, 2.75) is 56.5 Å². The molecule has 6 heteroatoms. The first-order valence-corrected chi connectivity index (χ1v) is 10.3. The minimum atomic E-state index is -0.489. The predicted molar refractivity (Wildman–Crippen MR) is 111 cm³/mol. The van der Waals surface area contributed by atoms with Crippen LogP contribution in [0.4, 0.5) is 0 Å². The highest BCUT2D eigenvalue weighted by molar-refractivity contribution is 5.87. The van der Waals surface area contributed by atoms with Crippen molar-refractivity contribution in [1.29, 1.82) is 0 Å². The Hall–Kier alpha value is -2.89. The fourth-order valence-corrected chi connectivity index (χ4v) is 4.77. The minimum absolute atomic E-state index is 0.0365. The molecular formula is C23H27N3O3. The summed E-state index contributed by atoms with van der Waals surface area (Å²) in [5, 5.41) is 5.49. The van der Waals surface area contributed by atoms with E-state index in [1.54, 1.807) is 4.90 Å². The summed E-state index contributed by atoms with van der Waals surface area (Å²) in [6, 6.07) is 14.1. The number of fused-ring (bicyclic) bond motifs is 1. The highest BCUT2D eigenvalue weighted by Crippen LogP contribution is 2.31. The normalized spacial score (nSPS) is 24.1. The number of carbonyl (C=O) groups excluding carboxylic acids is 3. The van der Waals surface area contributed by atoms with E-state index in [1.165, 1.54) is 10.8 Å². The molecule has 0 radical (unpaired) electrons. The molecule has 2 aromatic rings. The second-order valence-electron chi connectivity index (χ2n) is 8.33. The Balaban J connectivity index is 1.48. The molecule has 0 saturated carbocycles. The first-order chi connectivity index (χ1) is 14.0. The molecule has 0 aliphatic carbocycles. The maximum Gasteiger partial charge on any atom is 0.240 e. The van der Waals surface area contributed by atoms with Gasteiger partial charge in [0.1, 0.15) is 6.04 Å². The summed E-state index contributed by atoms with van der Waals surface area (Å²) >= 11 is 0. The third kappa shape index (κ3) is 4.11. The SMILES string of the molecule is NC(=O)[C@@H]1CCCN1C(=O)CCC1(Cc2ccc3ccccc3c2)CCC(=O)N1. The number of nitrogens with zero attached hydrogens (tertiary/aromatic N) is 1. The van der Waals surface area contributed by atoms with E-state index in [4.69, 9.17) is 5.73 Å². The third-order valence-corrected chi connectivity index (χ3v) is 6.31. The minimum Gasteiger partial charge on any atom is -0.368 e. The zero-order valence-corrected chi connectivity index (χ0v) is 16.5. The summed E-state index contributed by atoms with van der Waals surface area (Å²) in [7, 11) is 0. The Labute approximate surface area is 170 Å². The van der Waals surface area contributed by atoms with E-state index in [-0.39, 0.29) is 11.8 Å². The number of hydrogen-bond donors (Lipinski definition) is 2. The molecule has 2 aromatic carbocycles. The second-order valence-corrected chi connectivity index (χ2v) is 8.33. The highest BCUT2D eigenvalue weighted by Gasteiger charge is 2.39. The molecule has 4 rings (SSSR count). The van der Waals surface area contributed by atoms with Gasteiger partial charge in [0.25, 0.3) is 0 Å². The Bertz CT molecular complexity index is 957. The van der Waals surface area contributed by atoms with E-state index in [9.17, 15) is 14.4 Å². The molecule has 2 atom stereocenters. The second kappa shape index (κ2) is 7.85. The van der Waals surface area contributed by atoms with Crippen LogP contribution >= 0.6 is 0 Å². The number of nitrogens with one attached hydrogen (secondary N) is 1. The molecule has 29 heavy (non-hydrogen) atoms. The van der Waals surface area contributed by atoms with Crippen molar-refractivity contribution in [3.8, 4) is 0 Å².